The maximum absolute atomic E-state index is 11.8. The van der Waals surface area contributed by atoms with Crippen molar-refractivity contribution < 1.29 is 14.6 Å². The lowest BCUT2D eigenvalue weighted by Gasteiger charge is -1.94. The Hall–Kier alpha value is -3.61. The first kappa shape index (κ1) is 16.8. The van der Waals surface area contributed by atoms with Gasteiger partial charge in [0.2, 0.25) is 0 Å². The topological polar surface area (TPSA) is 103 Å². The normalized spacial score (nSPS) is 11.0. The third-order valence-electron chi connectivity index (χ3n) is 3.04. The molecule has 0 fully saturated rings. The van der Waals surface area contributed by atoms with E-state index in [1.54, 1.807) is 12.1 Å². The lowest BCUT2D eigenvalue weighted by Crippen LogP contribution is -1.89. The number of carbonyl (C=O) groups is 1. The summed E-state index contributed by atoms with van der Waals surface area (Å²) in [6, 6.07) is 11.8. The molecule has 0 amide bonds. The van der Waals surface area contributed by atoms with E-state index in [2.05, 4.69) is 0 Å². The first-order valence-corrected chi connectivity index (χ1v) is 6.85. The number of allylic oxidation sites excluding steroid dienone is 2. The Morgan fingerprint density at radius 2 is 1.21 bits per heavy atom. The van der Waals surface area contributed by atoms with Crippen LogP contribution in [-0.2, 0) is 4.79 Å². The van der Waals surface area contributed by atoms with Crippen LogP contribution in [0.3, 0.4) is 0 Å². The van der Waals surface area contributed by atoms with Crippen molar-refractivity contribution in [3.8, 4) is 0 Å². The van der Waals surface area contributed by atoms with Crippen LogP contribution < -0.4 is 0 Å². The molecule has 0 aliphatic rings. The summed E-state index contributed by atoms with van der Waals surface area (Å²) < 4.78 is 0. The molecule has 0 atom stereocenters. The fourth-order valence-electron chi connectivity index (χ4n) is 1.90. The van der Waals surface area contributed by atoms with Crippen LogP contribution in [-0.4, -0.2) is 15.6 Å². The molecule has 7 nitrogen and oxygen atoms in total. The number of nitro groups is 2. The molecule has 2 rings (SSSR count). The van der Waals surface area contributed by atoms with Gasteiger partial charge in [-0.1, -0.05) is 36.4 Å². The number of benzene rings is 2. The number of nitrogens with zero attached hydrogens (tertiary/aromatic N) is 2. The van der Waals surface area contributed by atoms with Crippen molar-refractivity contribution >= 4 is 29.3 Å². The van der Waals surface area contributed by atoms with Crippen LogP contribution >= 0.6 is 0 Å². The van der Waals surface area contributed by atoms with Gasteiger partial charge in [-0.15, -0.1) is 0 Å². The summed E-state index contributed by atoms with van der Waals surface area (Å²) in [5, 5.41) is 21.4. The second-order valence-corrected chi connectivity index (χ2v) is 4.77. The van der Waals surface area contributed by atoms with Gasteiger partial charge in [-0.05, 0) is 23.3 Å². The van der Waals surface area contributed by atoms with Gasteiger partial charge in [-0.25, -0.2) is 0 Å². The first-order valence-electron chi connectivity index (χ1n) is 6.85. The van der Waals surface area contributed by atoms with E-state index in [4.69, 9.17) is 0 Å². The quantitative estimate of drug-likeness (QED) is 0.456. The van der Waals surface area contributed by atoms with Gasteiger partial charge in [-0.2, -0.15) is 0 Å². The van der Waals surface area contributed by atoms with Crippen molar-refractivity contribution in [2.75, 3.05) is 0 Å². The highest BCUT2D eigenvalue weighted by molar-refractivity contribution is 6.04. The van der Waals surface area contributed by atoms with E-state index >= 15 is 0 Å². The number of nitro benzene ring substituents is 2. The molecule has 2 aromatic carbocycles. The summed E-state index contributed by atoms with van der Waals surface area (Å²) in [5.74, 6) is -0.340. The highest BCUT2D eigenvalue weighted by Gasteiger charge is 2.05. The first-order chi connectivity index (χ1) is 11.5. The summed E-state index contributed by atoms with van der Waals surface area (Å²) in [4.78, 5) is 32.1. The zero-order valence-corrected chi connectivity index (χ0v) is 12.4. The van der Waals surface area contributed by atoms with Gasteiger partial charge < -0.3 is 0 Å². The molecule has 0 unspecified atom stereocenters. The molecule has 0 spiro atoms. The molecule has 120 valence electrons. The van der Waals surface area contributed by atoms with E-state index in [1.165, 1.54) is 60.7 Å². The van der Waals surface area contributed by atoms with Gasteiger partial charge >= 0.3 is 0 Å². The molecule has 0 saturated heterocycles. The monoisotopic (exact) mass is 324 g/mol. The Kier molecular flexibility index (Phi) is 5.30. The van der Waals surface area contributed by atoms with Gasteiger partial charge in [0.25, 0.3) is 11.4 Å². The number of hydrogen-bond donors (Lipinski definition) is 0. The van der Waals surface area contributed by atoms with Gasteiger partial charge in [-0.3, -0.25) is 25.0 Å². The standard InChI is InChI=1S/C17H12N2O5/c20-17(9-7-13-3-1-5-15(11-13)18(21)22)10-8-14-4-2-6-16(12-14)19(23)24/h1-12H. The average Bonchev–Trinajstić information content (AvgIpc) is 2.58. The molecule has 0 bridgehead atoms. The minimum atomic E-state index is -0.513. The summed E-state index contributed by atoms with van der Waals surface area (Å²) in [5.41, 5.74) is 0.941. The van der Waals surface area contributed by atoms with Crippen molar-refractivity contribution in [2.45, 2.75) is 0 Å². The largest absolute Gasteiger partial charge is 0.290 e. The molecule has 0 aromatic heterocycles. The molecule has 0 saturated carbocycles. The van der Waals surface area contributed by atoms with Gasteiger partial charge in [0, 0.05) is 24.3 Å². The minimum Gasteiger partial charge on any atom is -0.290 e. The number of non-ortho nitro benzene ring substituents is 2. The highest BCUT2D eigenvalue weighted by atomic mass is 16.6. The lowest BCUT2D eigenvalue weighted by molar-refractivity contribution is -0.385. The molecule has 0 radical (unpaired) electrons. The summed E-state index contributed by atoms with van der Waals surface area (Å²) in [6.07, 6.45) is 5.47. The zero-order chi connectivity index (χ0) is 17.5. The van der Waals surface area contributed by atoms with Crippen LogP contribution in [0.4, 0.5) is 11.4 Å². The molecular formula is C17H12N2O5. The smallest absolute Gasteiger partial charge is 0.270 e. The Balaban J connectivity index is 2.07. The van der Waals surface area contributed by atoms with Crippen LogP contribution in [0.2, 0.25) is 0 Å². The van der Waals surface area contributed by atoms with Crippen LogP contribution in [0, 0.1) is 20.2 Å². The van der Waals surface area contributed by atoms with Gasteiger partial charge in [0.1, 0.15) is 0 Å². The van der Waals surface area contributed by atoms with Crippen molar-refractivity contribution in [3.63, 3.8) is 0 Å². The van der Waals surface area contributed by atoms with E-state index in [1.807, 2.05) is 0 Å². The molecule has 0 heterocycles. The Morgan fingerprint density at radius 1 is 0.792 bits per heavy atom. The molecule has 0 aliphatic carbocycles. The Morgan fingerprint density at radius 3 is 1.58 bits per heavy atom. The molecule has 0 aliphatic heterocycles. The predicted octanol–water partition coefficient (Wildman–Crippen LogP) is 3.80. The summed E-state index contributed by atoms with van der Waals surface area (Å²) in [7, 11) is 0. The Bertz CT molecular complexity index is 786. The number of hydrogen-bond acceptors (Lipinski definition) is 5. The van der Waals surface area contributed by atoms with Crippen molar-refractivity contribution in [2.24, 2.45) is 0 Å². The maximum Gasteiger partial charge on any atom is 0.270 e. The van der Waals surface area contributed by atoms with E-state index < -0.39 is 9.85 Å². The van der Waals surface area contributed by atoms with Crippen molar-refractivity contribution in [1.29, 1.82) is 0 Å². The van der Waals surface area contributed by atoms with E-state index in [9.17, 15) is 25.0 Å². The Labute approximate surface area is 136 Å². The molecule has 2 aromatic rings. The maximum atomic E-state index is 11.8. The lowest BCUT2D eigenvalue weighted by atomic mass is 10.1. The zero-order valence-electron chi connectivity index (χ0n) is 12.4. The molecule has 0 N–H and O–H groups in total. The van der Waals surface area contributed by atoms with Crippen molar-refractivity contribution in [1.82, 2.24) is 0 Å². The third-order valence-corrected chi connectivity index (χ3v) is 3.04. The minimum absolute atomic E-state index is 0.0586. The number of ketones is 1. The van der Waals surface area contributed by atoms with Gasteiger partial charge in [0.15, 0.2) is 5.78 Å². The third kappa shape index (κ3) is 4.70. The molecule has 24 heavy (non-hydrogen) atoms. The van der Waals surface area contributed by atoms with Gasteiger partial charge in [0.05, 0.1) is 9.85 Å². The SMILES string of the molecule is O=C(C=Cc1cccc([N+](=O)[O-])c1)C=Cc1cccc([N+](=O)[O-])c1. The second-order valence-electron chi connectivity index (χ2n) is 4.77. The molecule has 7 heteroatoms. The van der Waals surface area contributed by atoms with Crippen molar-refractivity contribution in [3.05, 3.63) is 92.0 Å². The van der Waals surface area contributed by atoms with E-state index in [0.717, 1.165) is 0 Å². The summed E-state index contributed by atoms with van der Waals surface area (Å²) >= 11 is 0. The fourth-order valence-corrected chi connectivity index (χ4v) is 1.90. The van der Waals surface area contributed by atoms with E-state index in [0.29, 0.717) is 11.1 Å². The predicted molar refractivity (Wildman–Crippen MR) is 89.3 cm³/mol. The second kappa shape index (κ2) is 7.59. The summed E-state index contributed by atoms with van der Waals surface area (Å²) in [6.45, 7) is 0. The van der Waals surface area contributed by atoms with E-state index in [-0.39, 0.29) is 17.2 Å². The van der Waals surface area contributed by atoms with Crippen LogP contribution in [0.5, 0.6) is 0 Å². The average molecular weight is 324 g/mol. The number of rotatable bonds is 6. The van der Waals surface area contributed by atoms with Crippen LogP contribution in [0.1, 0.15) is 11.1 Å². The van der Waals surface area contributed by atoms with Crippen LogP contribution in [0.25, 0.3) is 12.2 Å². The fraction of sp³-hybridized carbons (Fsp3) is 0. The van der Waals surface area contributed by atoms with Crippen LogP contribution in [0.15, 0.2) is 60.7 Å². The highest BCUT2D eigenvalue weighted by Crippen LogP contribution is 2.15. The molecular weight excluding hydrogens is 312 g/mol. The number of carbonyl (C=O) groups excluding carboxylic acids is 1.